The van der Waals surface area contributed by atoms with Gasteiger partial charge in [0.15, 0.2) is 11.0 Å². The van der Waals surface area contributed by atoms with Gasteiger partial charge >= 0.3 is 0 Å². The van der Waals surface area contributed by atoms with Gasteiger partial charge in [-0.3, -0.25) is 9.36 Å². The third kappa shape index (κ3) is 5.21. The molecule has 0 unspecified atom stereocenters. The maximum Gasteiger partial charge on any atom is 0.234 e. The molecule has 0 aliphatic rings. The summed E-state index contributed by atoms with van der Waals surface area (Å²) in [6.07, 6.45) is 1.65. The Morgan fingerprint density at radius 1 is 0.944 bits per heavy atom. The molecular formula is C29H28N4O2S. The number of aromatic nitrogens is 3. The first-order chi connectivity index (χ1) is 17.4. The number of furan rings is 1. The normalized spacial score (nSPS) is 11.6. The fraction of sp³-hybridized carbons (Fsp3) is 0.207. The molecule has 0 aliphatic carbocycles. The lowest BCUT2D eigenvalue weighted by molar-refractivity contribution is -0.113. The van der Waals surface area contributed by atoms with E-state index in [1.807, 2.05) is 59.2 Å². The summed E-state index contributed by atoms with van der Waals surface area (Å²) in [6.45, 7) is 7.06. The van der Waals surface area contributed by atoms with E-state index in [1.54, 1.807) is 6.26 Å². The minimum Gasteiger partial charge on any atom is -0.467 e. The fourth-order valence-electron chi connectivity index (χ4n) is 4.08. The molecule has 0 saturated carbocycles. The van der Waals surface area contributed by atoms with Gasteiger partial charge in [0.05, 0.1) is 18.6 Å². The lowest BCUT2D eigenvalue weighted by atomic mass is 9.87. The number of anilines is 1. The molecule has 1 N–H and O–H groups in total. The average Bonchev–Trinajstić information content (AvgIpc) is 3.53. The Kier molecular flexibility index (Phi) is 6.65. The van der Waals surface area contributed by atoms with Crippen molar-refractivity contribution >= 4 is 34.1 Å². The maximum absolute atomic E-state index is 12.9. The number of amides is 1. The Balaban J connectivity index is 1.37. The Bertz CT molecular complexity index is 1480. The second kappa shape index (κ2) is 10.0. The highest BCUT2D eigenvalue weighted by Crippen LogP contribution is 2.29. The van der Waals surface area contributed by atoms with Crippen LogP contribution in [-0.4, -0.2) is 26.4 Å². The first kappa shape index (κ1) is 23.9. The van der Waals surface area contributed by atoms with E-state index in [-0.39, 0.29) is 17.1 Å². The van der Waals surface area contributed by atoms with Crippen LogP contribution in [-0.2, 0) is 16.8 Å². The number of thioether (sulfide) groups is 1. The van der Waals surface area contributed by atoms with Gasteiger partial charge in [0.2, 0.25) is 5.91 Å². The maximum atomic E-state index is 12.9. The summed E-state index contributed by atoms with van der Waals surface area (Å²) in [5.74, 6) is 1.65. The molecule has 1 amide bonds. The summed E-state index contributed by atoms with van der Waals surface area (Å²) in [5, 5.41) is 14.7. The van der Waals surface area contributed by atoms with Crippen LogP contribution in [0.15, 0.2) is 94.7 Å². The highest BCUT2D eigenvalue weighted by atomic mass is 32.2. The third-order valence-corrected chi connectivity index (χ3v) is 6.98. The van der Waals surface area contributed by atoms with E-state index >= 15 is 0 Å². The second-order valence-electron chi connectivity index (χ2n) is 9.66. The van der Waals surface area contributed by atoms with Crippen LogP contribution < -0.4 is 5.32 Å². The molecular weight excluding hydrogens is 468 g/mol. The molecule has 7 heteroatoms. The second-order valence-corrected chi connectivity index (χ2v) is 10.6. The van der Waals surface area contributed by atoms with Gasteiger partial charge in [0, 0.05) is 16.6 Å². The minimum atomic E-state index is -0.0972. The van der Waals surface area contributed by atoms with Gasteiger partial charge in [0.25, 0.3) is 0 Å². The van der Waals surface area contributed by atoms with E-state index in [9.17, 15) is 4.79 Å². The molecule has 2 heterocycles. The molecule has 6 nitrogen and oxygen atoms in total. The van der Waals surface area contributed by atoms with Crippen molar-refractivity contribution in [3.05, 3.63) is 96.4 Å². The summed E-state index contributed by atoms with van der Waals surface area (Å²) >= 11 is 1.36. The zero-order chi connectivity index (χ0) is 25.1. The molecule has 2 aromatic heterocycles. The van der Waals surface area contributed by atoms with Crippen molar-refractivity contribution in [1.29, 1.82) is 0 Å². The van der Waals surface area contributed by atoms with Crippen LogP contribution in [0.2, 0.25) is 0 Å². The van der Waals surface area contributed by atoms with E-state index in [1.165, 1.54) is 17.3 Å². The van der Waals surface area contributed by atoms with E-state index in [0.29, 0.717) is 11.7 Å². The van der Waals surface area contributed by atoms with Gasteiger partial charge in [0.1, 0.15) is 5.76 Å². The number of benzene rings is 3. The van der Waals surface area contributed by atoms with Crippen LogP contribution in [0.3, 0.4) is 0 Å². The Labute approximate surface area is 214 Å². The predicted molar refractivity (Wildman–Crippen MR) is 145 cm³/mol. The largest absolute Gasteiger partial charge is 0.467 e. The number of rotatable bonds is 7. The molecule has 0 saturated heterocycles. The number of nitrogens with zero attached hydrogens (tertiary/aromatic N) is 3. The zero-order valence-corrected chi connectivity index (χ0v) is 21.4. The molecule has 0 bridgehead atoms. The van der Waals surface area contributed by atoms with Crippen molar-refractivity contribution in [2.24, 2.45) is 0 Å². The van der Waals surface area contributed by atoms with E-state index < -0.39 is 0 Å². The lowest BCUT2D eigenvalue weighted by Crippen LogP contribution is -2.15. The predicted octanol–water partition coefficient (Wildman–Crippen LogP) is 6.77. The quantitative estimate of drug-likeness (QED) is 0.252. The summed E-state index contributed by atoms with van der Waals surface area (Å²) in [7, 11) is 0. The smallest absolute Gasteiger partial charge is 0.234 e. The number of carbonyl (C=O) groups is 1. The highest BCUT2D eigenvalue weighted by Gasteiger charge is 2.19. The fourth-order valence-corrected chi connectivity index (χ4v) is 4.82. The van der Waals surface area contributed by atoms with Crippen molar-refractivity contribution in [3.8, 4) is 11.4 Å². The molecule has 0 radical (unpaired) electrons. The van der Waals surface area contributed by atoms with Gasteiger partial charge < -0.3 is 9.73 Å². The van der Waals surface area contributed by atoms with E-state index in [4.69, 9.17) is 4.42 Å². The number of hydrogen-bond acceptors (Lipinski definition) is 5. The first-order valence-electron chi connectivity index (χ1n) is 11.9. The summed E-state index contributed by atoms with van der Waals surface area (Å²) in [5.41, 5.74) is 3.09. The number of carbonyl (C=O) groups excluding carboxylic acids is 1. The van der Waals surface area contributed by atoms with Crippen molar-refractivity contribution in [3.63, 3.8) is 0 Å². The Morgan fingerprint density at radius 3 is 2.47 bits per heavy atom. The molecule has 0 atom stereocenters. The monoisotopic (exact) mass is 496 g/mol. The Morgan fingerprint density at radius 2 is 1.72 bits per heavy atom. The first-order valence-corrected chi connectivity index (χ1v) is 12.8. The molecule has 36 heavy (non-hydrogen) atoms. The van der Waals surface area contributed by atoms with E-state index in [0.717, 1.165) is 33.6 Å². The Hall–Kier alpha value is -3.84. The SMILES string of the molecule is CC(C)(C)c1ccc(-c2nnc(SCC(=O)Nc3cccc4ccccc34)n2Cc2ccco2)cc1. The van der Waals surface area contributed by atoms with E-state index in [2.05, 4.69) is 60.6 Å². The number of hydrogen-bond donors (Lipinski definition) is 1. The van der Waals surface area contributed by atoms with Crippen molar-refractivity contribution < 1.29 is 9.21 Å². The average molecular weight is 497 g/mol. The number of nitrogens with one attached hydrogen (secondary N) is 1. The molecule has 0 aliphatic heterocycles. The summed E-state index contributed by atoms with van der Waals surface area (Å²) < 4.78 is 7.60. The standard InChI is InChI=1S/C29H28N4O2S/c1-29(2,3)22-15-13-21(14-16-22)27-31-32-28(33(27)18-23-10-7-17-35-23)36-19-26(34)30-25-12-6-9-20-8-4-5-11-24(20)25/h4-17H,18-19H2,1-3H3,(H,30,34). The van der Waals surface area contributed by atoms with Crippen LogP contribution in [0.5, 0.6) is 0 Å². The van der Waals surface area contributed by atoms with Gasteiger partial charge in [-0.2, -0.15) is 0 Å². The molecule has 182 valence electrons. The van der Waals surface area contributed by atoms with Crippen LogP contribution in [0.25, 0.3) is 22.2 Å². The summed E-state index contributed by atoms with van der Waals surface area (Å²) in [4.78, 5) is 12.9. The van der Waals surface area contributed by atoms with Crippen molar-refractivity contribution in [2.45, 2.75) is 37.9 Å². The van der Waals surface area contributed by atoms with Crippen molar-refractivity contribution in [1.82, 2.24) is 14.8 Å². The van der Waals surface area contributed by atoms with Crippen molar-refractivity contribution in [2.75, 3.05) is 11.1 Å². The summed E-state index contributed by atoms with van der Waals surface area (Å²) in [6, 6.07) is 26.1. The highest BCUT2D eigenvalue weighted by molar-refractivity contribution is 7.99. The number of fused-ring (bicyclic) bond motifs is 1. The molecule has 5 rings (SSSR count). The van der Waals surface area contributed by atoms with Gasteiger partial charge in [-0.25, -0.2) is 0 Å². The minimum absolute atomic E-state index is 0.0683. The zero-order valence-electron chi connectivity index (χ0n) is 20.6. The van der Waals surface area contributed by atoms with Crippen LogP contribution >= 0.6 is 11.8 Å². The van der Waals surface area contributed by atoms with Gasteiger partial charge in [-0.05, 0) is 34.6 Å². The third-order valence-electron chi connectivity index (χ3n) is 6.02. The topological polar surface area (TPSA) is 73.0 Å². The van der Waals surface area contributed by atoms with Crippen LogP contribution in [0, 0.1) is 0 Å². The molecule has 3 aromatic carbocycles. The van der Waals surface area contributed by atoms with Crippen LogP contribution in [0.1, 0.15) is 32.1 Å². The lowest BCUT2D eigenvalue weighted by Gasteiger charge is -2.19. The molecule has 5 aromatic rings. The molecule has 0 fully saturated rings. The van der Waals surface area contributed by atoms with Gasteiger partial charge in [-0.1, -0.05) is 93.2 Å². The van der Waals surface area contributed by atoms with Crippen LogP contribution in [0.4, 0.5) is 5.69 Å². The van der Waals surface area contributed by atoms with Gasteiger partial charge in [-0.15, -0.1) is 10.2 Å². The molecule has 0 spiro atoms.